The summed E-state index contributed by atoms with van der Waals surface area (Å²) < 4.78 is 0. The van der Waals surface area contributed by atoms with Crippen LogP contribution in [0.5, 0.6) is 5.75 Å². The van der Waals surface area contributed by atoms with Crippen LogP contribution in [0.15, 0.2) is 12.1 Å². The second kappa shape index (κ2) is 6.01. The summed E-state index contributed by atoms with van der Waals surface area (Å²) in [6.07, 6.45) is 2.17. The predicted molar refractivity (Wildman–Crippen MR) is 92.1 cm³/mol. The summed E-state index contributed by atoms with van der Waals surface area (Å²) in [4.78, 5) is 0. The fourth-order valence-electron chi connectivity index (χ4n) is 2.43. The van der Waals surface area contributed by atoms with Crippen LogP contribution in [-0.2, 0) is 10.8 Å². The Morgan fingerprint density at radius 3 is 1.70 bits per heavy atom. The number of aromatic hydroxyl groups is 1. The van der Waals surface area contributed by atoms with Gasteiger partial charge in [0.05, 0.1) is 0 Å². The fraction of sp³-hybridized carbons (Fsp3) is 0.667. The van der Waals surface area contributed by atoms with Crippen LogP contribution in [0, 0.1) is 0 Å². The summed E-state index contributed by atoms with van der Waals surface area (Å²) >= 11 is 4.74. The zero-order chi connectivity index (χ0) is 15.7. The Labute approximate surface area is 130 Å². The molecule has 1 aromatic rings. The molecule has 1 N–H and O–H groups in total. The third-order valence-corrected chi connectivity index (χ3v) is 4.25. The van der Waals surface area contributed by atoms with E-state index in [1.165, 1.54) is 5.56 Å². The van der Waals surface area contributed by atoms with Crippen molar-refractivity contribution in [1.29, 1.82) is 0 Å². The molecule has 20 heavy (non-hydrogen) atoms. The number of benzene rings is 1. The molecule has 2 heteroatoms. The van der Waals surface area contributed by atoms with Gasteiger partial charge >= 0.3 is 0 Å². The maximum absolute atomic E-state index is 10.7. The highest BCUT2D eigenvalue weighted by Gasteiger charge is 2.27. The fourth-order valence-corrected chi connectivity index (χ4v) is 2.84. The van der Waals surface area contributed by atoms with Crippen LogP contribution in [0.25, 0.3) is 0 Å². The van der Waals surface area contributed by atoms with Gasteiger partial charge in [-0.15, -0.1) is 0 Å². The first kappa shape index (κ1) is 17.4. The molecule has 0 aromatic heterocycles. The minimum absolute atomic E-state index is 0.0696. The second-order valence-corrected chi connectivity index (χ2v) is 8.39. The SMILES string of the molecule is CCCC(S)c1cc(C(C)(C)C)c(O)c(C(C)(C)C)c1. The Kier molecular flexibility index (Phi) is 5.23. The molecule has 0 saturated heterocycles. The average molecular weight is 295 g/mol. The normalized spacial score (nSPS) is 14.4. The molecule has 1 nitrogen and oxygen atoms in total. The number of rotatable bonds is 3. The van der Waals surface area contributed by atoms with Gasteiger partial charge in [-0.3, -0.25) is 0 Å². The lowest BCUT2D eigenvalue weighted by Gasteiger charge is -2.29. The summed E-state index contributed by atoms with van der Waals surface area (Å²) in [7, 11) is 0. The van der Waals surface area contributed by atoms with Gasteiger partial charge in [-0.25, -0.2) is 0 Å². The van der Waals surface area contributed by atoms with Crippen LogP contribution in [-0.4, -0.2) is 5.11 Å². The van der Waals surface area contributed by atoms with E-state index in [-0.39, 0.29) is 16.1 Å². The first-order chi connectivity index (χ1) is 8.98. The van der Waals surface area contributed by atoms with E-state index < -0.39 is 0 Å². The van der Waals surface area contributed by atoms with E-state index in [2.05, 4.69) is 60.6 Å². The molecule has 114 valence electrons. The van der Waals surface area contributed by atoms with Crippen LogP contribution >= 0.6 is 12.6 Å². The van der Waals surface area contributed by atoms with E-state index in [4.69, 9.17) is 12.6 Å². The Bertz CT molecular complexity index is 428. The molecule has 0 amide bonds. The van der Waals surface area contributed by atoms with Gasteiger partial charge in [0.1, 0.15) is 5.75 Å². The number of phenolic OH excluding ortho intramolecular Hbond substituents is 1. The highest BCUT2D eigenvalue weighted by molar-refractivity contribution is 7.80. The minimum Gasteiger partial charge on any atom is -0.507 e. The van der Waals surface area contributed by atoms with Crippen LogP contribution in [0.1, 0.15) is 83.2 Å². The first-order valence-electron chi connectivity index (χ1n) is 7.54. The summed E-state index contributed by atoms with van der Waals surface area (Å²) in [6, 6.07) is 4.27. The number of thiol groups is 1. The van der Waals surface area contributed by atoms with E-state index in [9.17, 15) is 5.11 Å². The lowest BCUT2D eigenvalue weighted by Crippen LogP contribution is -2.18. The molecule has 1 unspecified atom stereocenters. The number of phenols is 1. The van der Waals surface area contributed by atoms with Gasteiger partial charge in [0.25, 0.3) is 0 Å². The molecule has 0 radical (unpaired) electrons. The minimum atomic E-state index is -0.0696. The molecule has 0 saturated carbocycles. The van der Waals surface area contributed by atoms with E-state index >= 15 is 0 Å². The number of hydrogen-bond acceptors (Lipinski definition) is 2. The lowest BCUT2D eigenvalue weighted by atomic mass is 9.78. The van der Waals surface area contributed by atoms with Gasteiger partial charge in [0.15, 0.2) is 0 Å². The lowest BCUT2D eigenvalue weighted by molar-refractivity contribution is 0.422. The second-order valence-electron chi connectivity index (χ2n) is 7.77. The van der Waals surface area contributed by atoms with Crippen LogP contribution in [0.4, 0.5) is 0 Å². The summed E-state index contributed by atoms with van der Waals surface area (Å²) in [5.74, 6) is 0.450. The molecule has 0 aliphatic heterocycles. The van der Waals surface area contributed by atoms with Gasteiger partial charge in [-0.2, -0.15) is 12.6 Å². The van der Waals surface area contributed by atoms with Gasteiger partial charge < -0.3 is 5.11 Å². The standard InChI is InChI=1S/C18H30OS/c1-8-9-15(20)12-10-13(17(2,3)4)16(19)14(11-12)18(5,6)7/h10-11,15,19-20H,8-9H2,1-7H3. The first-order valence-corrected chi connectivity index (χ1v) is 8.06. The van der Waals surface area contributed by atoms with E-state index in [0.29, 0.717) is 5.75 Å². The van der Waals surface area contributed by atoms with Crippen molar-refractivity contribution in [3.8, 4) is 5.75 Å². The van der Waals surface area contributed by atoms with Crippen molar-refractivity contribution in [3.63, 3.8) is 0 Å². The topological polar surface area (TPSA) is 20.2 Å². The summed E-state index contributed by atoms with van der Waals surface area (Å²) in [6.45, 7) is 15.0. The molecule has 0 heterocycles. The number of hydrogen-bond donors (Lipinski definition) is 2. The van der Waals surface area contributed by atoms with Crippen LogP contribution in [0.2, 0.25) is 0 Å². The molecule has 0 aliphatic carbocycles. The zero-order valence-corrected chi connectivity index (χ0v) is 14.9. The van der Waals surface area contributed by atoms with E-state index in [1.54, 1.807) is 0 Å². The maximum Gasteiger partial charge on any atom is 0.123 e. The molecule has 1 atom stereocenters. The van der Waals surface area contributed by atoms with Crippen molar-refractivity contribution in [3.05, 3.63) is 28.8 Å². The quantitative estimate of drug-likeness (QED) is 0.679. The Hall–Kier alpha value is -0.630. The molecule has 0 spiro atoms. The molecular formula is C18H30OS. The van der Waals surface area contributed by atoms with Crippen molar-refractivity contribution in [2.75, 3.05) is 0 Å². The van der Waals surface area contributed by atoms with Gasteiger partial charge in [-0.1, -0.05) is 67.0 Å². The molecule has 1 rings (SSSR count). The van der Waals surface area contributed by atoms with Gasteiger partial charge in [0, 0.05) is 5.25 Å². The van der Waals surface area contributed by atoms with Crippen LogP contribution < -0.4 is 0 Å². The molecule has 0 fully saturated rings. The predicted octanol–water partition coefficient (Wildman–Crippen LogP) is 5.76. The largest absolute Gasteiger partial charge is 0.507 e. The third kappa shape index (κ3) is 3.94. The van der Waals surface area contributed by atoms with Crippen molar-refractivity contribution in [2.24, 2.45) is 0 Å². The Balaban J connectivity index is 3.50. The summed E-state index contributed by atoms with van der Waals surface area (Å²) in [5.41, 5.74) is 3.13. The molecule has 0 aliphatic rings. The van der Waals surface area contributed by atoms with Crippen molar-refractivity contribution < 1.29 is 5.11 Å². The van der Waals surface area contributed by atoms with Crippen molar-refractivity contribution >= 4 is 12.6 Å². The van der Waals surface area contributed by atoms with Gasteiger partial charge in [0.2, 0.25) is 0 Å². The highest BCUT2D eigenvalue weighted by Crippen LogP contribution is 2.42. The zero-order valence-electron chi connectivity index (χ0n) is 14.0. The average Bonchev–Trinajstić information content (AvgIpc) is 2.26. The Morgan fingerprint density at radius 1 is 1.00 bits per heavy atom. The molecular weight excluding hydrogens is 264 g/mol. The third-order valence-electron chi connectivity index (χ3n) is 3.70. The maximum atomic E-state index is 10.7. The van der Waals surface area contributed by atoms with Gasteiger partial charge in [-0.05, 0) is 33.9 Å². The molecule has 0 bridgehead atoms. The van der Waals surface area contributed by atoms with Crippen molar-refractivity contribution in [1.82, 2.24) is 0 Å². The Morgan fingerprint density at radius 2 is 1.40 bits per heavy atom. The summed E-state index contributed by atoms with van der Waals surface area (Å²) in [5, 5.41) is 10.9. The monoisotopic (exact) mass is 294 g/mol. The van der Waals surface area contributed by atoms with E-state index in [0.717, 1.165) is 24.0 Å². The van der Waals surface area contributed by atoms with E-state index in [1.807, 2.05) is 0 Å². The molecule has 1 aromatic carbocycles. The van der Waals surface area contributed by atoms with Crippen molar-refractivity contribution in [2.45, 2.75) is 77.4 Å². The smallest absolute Gasteiger partial charge is 0.123 e. The highest BCUT2D eigenvalue weighted by atomic mass is 32.1. The van der Waals surface area contributed by atoms with Crippen LogP contribution in [0.3, 0.4) is 0 Å².